The van der Waals surface area contributed by atoms with Crippen LogP contribution in [0.25, 0.3) is 0 Å². The molecule has 1 fully saturated rings. The van der Waals surface area contributed by atoms with Gasteiger partial charge in [-0.25, -0.2) is 0 Å². The van der Waals surface area contributed by atoms with E-state index in [1.807, 2.05) is 31.2 Å². The zero-order chi connectivity index (χ0) is 13.7. The van der Waals surface area contributed by atoms with E-state index in [0.29, 0.717) is 31.1 Å². The van der Waals surface area contributed by atoms with Gasteiger partial charge in [-0.3, -0.25) is 4.79 Å². The number of benzene rings is 1. The summed E-state index contributed by atoms with van der Waals surface area (Å²) in [6, 6.07) is 7.36. The first kappa shape index (κ1) is 14.0. The molecule has 0 amide bonds. The molecule has 1 saturated heterocycles. The predicted octanol–water partition coefficient (Wildman–Crippen LogP) is 2.32. The average Bonchev–Trinajstić information content (AvgIpc) is 2.85. The Labute approximate surface area is 113 Å². The minimum Gasteiger partial charge on any atom is -0.490 e. The number of rotatable bonds is 6. The highest BCUT2D eigenvalue weighted by Crippen LogP contribution is 2.27. The van der Waals surface area contributed by atoms with E-state index in [0.717, 1.165) is 6.42 Å². The van der Waals surface area contributed by atoms with Crippen LogP contribution in [0.3, 0.4) is 0 Å². The molecule has 2 rings (SSSR count). The Balaban J connectivity index is 2.08. The molecule has 2 unspecified atom stereocenters. The van der Waals surface area contributed by atoms with Crippen molar-refractivity contribution in [2.75, 3.05) is 26.9 Å². The van der Waals surface area contributed by atoms with Crippen molar-refractivity contribution >= 4 is 5.78 Å². The maximum Gasteiger partial charge on any atom is 0.172 e. The number of ketones is 1. The molecule has 0 N–H and O–H groups in total. The Morgan fingerprint density at radius 1 is 1.37 bits per heavy atom. The smallest absolute Gasteiger partial charge is 0.172 e. The summed E-state index contributed by atoms with van der Waals surface area (Å²) in [4.78, 5) is 12.5. The highest BCUT2D eigenvalue weighted by atomic mass is 16.5. The summed E-state index contributed by atoms with van der Waals surface area (Å²) in [6.45, 7) is 3.45. The summed E-state index contributed by atoms with van der Waals surface area (Å²) in [5, 5.41) is 0. The van der Waals surface area contributed by atoms with Crippen molar-refractivity contribution in [3.63, 3.8) is 0 Å². The fourth-order valence-corrected chi connectivity index (χ4v) is 2.25. The normalized spacial score (nSPS) is 22.4. The van der Waals surface area contributed by atoms with E-state index in [-0.39, 0.29) is 17.8 Å². The summed E-state index contributed by atoms with van der Waals surface area (Å²) < 4.78 is 16.0. The molecule has 4 heteroatoms. The molecule has 1 aromatic rings. The van der Waals surface area contributed by atoms with Crippen LogP contribution in [-0.4, -0.2) is 38.8 Å². The van der Waals surface area contributed by atoms with Crippen LogP contribution in [0.15, 0.2) is 24.3 Å². The van der Waals surface area contributed by atoms with Gasteiger partial charge in [0.2, 0.25) is 0 Å². The summed E-state index contributed by atoms with van der Waals surface area (Å²) in [7, 11) is 1.62. The summed E-state index contributed by atoms with van der Waals surface area (Å²) in [6.07, 6.45) is 0.945. The predicted molar refractivity (Wildman–Crippen MR) is 71.7 cm³/mol. The van der Waals surface area contributed by atoms with E-state index in [2.05, 4.69) is 0 Å². The van der Waals surface area contributed by atoms with Gasteiger partial charge in [0.15, 0.2) is 5.78 Å². The van der Waals surface area contributed by atoms with Gasteiger partial charge in [0.1, 0.15) is 12.4 Å². The molecule has 19 heavy (non-hydrogen) atoms. The molecule has 0 bridgehead atoms. The number of hydrogen-bond acceptors (Lipinski definition) is 4. The zero-order valence-electron chi connectivity index (χ0n) is 11.4. The zero-order valence-corrected chi connectivity index (χ0v) is 11.4. The van der Waals surface area contributed by atoms with Gasteiger partial charge >= 0.3 is 0 Å². The van der Waals surface area contributed by atoms with Crippen molar-refractivity contribution < 1.29 is 19.0 Å². The van der Waals surface area contributed by atoms with Crippen LogP contribution < -0.4 is 4.74 Å². The third-order valence-corrected chi connectivity index (χ3v) is 3.27. The number of Topliss-reactive ketones (excluding diaryl/α,β-unsaturated/α-hetero) is 1. The maximum atomic E-state index is 12.5. The third-order valence-electron chi connectivity index (χ3n) is 3.27. The lowest BCUT2D eigenvalue weighted by Gasteiger charge is -2.12. The van der Waals surface area contributed by atoms with Gasteiger partial charge in [0, 0.05) is 13.0 Å². The van der Waals surface area contributed by atoms with Crippen LogP contribution in [0.1, 0.15) is 23.7 Å². The molecule has 0 saturated carbocycles. The van der Waals surface area contributed by atoms with Crippen LogP contribution >= 0.6 is 0 Å². The number of ether oxygens (including phenoxy) is 3. The first-order valence-electron chi connectivity index (χ1n) is 6.59. The molecule has 1 aromatic carbocycles. The van der Waals surface area contributed by atoms with Gasteiger partial charge in [-0.05, 0) is 25.5 Å². The van der Waals surface area contributed by atoms with Crippen molar-refractivity contribution in [2.24, 2.45) is 5.92 Å². The van der Waals surface area contributed by atoms with Crippen molar-refractivity contribution in [1.29, 1.82) is 0 Å². The minimum atomic E-state index is -0.0535. The second-order valence-electron chi connectivity index (χ2n) is 4.78. The van der Waals surface area contributed by atoms with Crippen LogP contribution in [0.2, 0.25) is 0 Å². The molecule has 0 aromatic heterocycles. The number of hydrogen-bond donors (Lipinski definition) is 0. The van der Waals surface area contributed by atoms with E-state index < -0.39 is 0 Å². The Bertz CT molecular complexity index is 430. The molecular formula is C15H20O4. The number of carbonyl (C=O) groups is 1. The lowest BCUT2D eigenvalue weighted by molar-refractivity contribution is 0.0871. The molecule has 0 radical (unpaired) electrons. The van der Waals surface area contributed by atoms with E-state index >= 15 is 0 Å². The largest absolute Gasteiger partial charge is 0.490 e. The molecule has 1 heterocycles. The Morgan fingerprint density at radius 3 is 2.84 bits per heavy atom. The third kappa shape index (κ3) is 3.55. The van der Waals surface area contributed by atoms with Crippen molar-refractivity contribution in [3.8, 4) is 5.75 Å². The van der Waals surface area contributed by atoms with Gasteiger partial charge in [-0.15, -0.1) is 0 Å². The topological polar surface area (TPSA) is 44.8 Å². The van der Waals surface area contributed by atoms with Crippen LogP contribution in [-0.2, 0) is 9.47 Å². The fourth-order valence-electron chi connectivity index (χ4n) is 2.25. The SMILES string of the molecule is COCCOc1ccccc1C(=O)C1COC(C)C1. The second kappa shape index (κ2) is 6.68. The first-order chi connectivity index (χ1) is 9.22. The molecule has 4 nitrogen and oxygen atoms in total. The quantitative estimate of drug-likeness (QED) is 0.584. The summed E-state index contributed by atoms with van der Waals surface area (Å²) in [5.41, 5.74) is 0.640. The molecule has 0 spiro atoms. The van der Waals surface area contributed by atoms with Gasteiger partial charge < -0.3 is 14.2 Å². The average molecular weight is 264 g/mol. The molecule has 1 aliphatic heterocycles. The Kier molecular flexibility index (Phi) is 4.93. The van der Waals surface area contributed by atoms with Gasteiger partial charge in [-0.2, -0.15) is 0 Å². The first-order valence-corrected chi connectivity index (χ1v) is 6.59. The standard InChI is InChI=1S/C15H20O4/c1-11-9-12(10-19-11)15(16)13-5-3-4-6-14(13)18-8-7-17-2/h3-6,11-12H,7-10H2,1-2H3. The van der Waals surface area contributed by atoms with Crippen LogP contribution in [0, 0.1) is 5.92 Å². The van der Waals surface area contributed by atoms with E-state index in [4.69, 9.17) is 14.2 Å². The van der Waals surface area contributed by atoms with Crippen LogP contribution in [0.5, 0.6) is 5.75 Å². The Hall–Kier alpha value is -1.39. The molecule has 1 aliphatic rings. The van der Waals surface area contributed by atoms with E-state index in [1.165, 1.54) is 0 Å². The molecule has 2 atom stereocenters. The lowest BCUT2D eigenvalue weighted by atomic mass is 9.95. The van der Waals surface area contributed by atoms with E-state index in [1.54, 1.807) is 7.11 Å². The fraction of sp³-hybridized carbons (Fsp3) is 0.533. The molecule has 0 aliphatic carbocycles. The van der Waals surface area contributed by atoms with Gasteiger partial charge in [0.25, 0.3) is 0 Å². The summed E-state index contributed by atoms with van der Waals surface area (Å²) in [5.74, 6) is 0.684. The molecular weight excluding hydrogens is 244 g/mol. The number of carbonyl (C=O) groups excluding carboxylic acids is 1. The Morgan fingerprint density at radius 2 is 2.16 bits per heavy atom. The van der Waals surface area contributed by atoms with Crippen LogP contribution in [0.4, 0.5) is 0 Å². The second-order valence-corrected chi connectivity index (χ2v) is 4.78. The monoisotopic (exact) mass is 264 g/mol. The summed E-state index contributed by atoms with van der Waals surface area (Å²) >= 11 is 0. The van der Waals surface area contributed by atoms with E-state index in [9.17, 15) is 4.79 Å². The number of para-hydroxylation sites is 1. The lowest BCUT2D eigenvalue weighted by Crippen LogP contribution is -2.17. The van der Waals surface area contributed by atoms with Crippen molar-refractivity contribution in [1.82, 2.24) is 0 Å². The maximum absolute atomic E-state index is 12.5. The minimum absolute atomic E-state index is 0.0535. The van der Waals surface area contributed by atoms with Crippen molar-refractivity contribution in [2.45, 2.75) is 19.4 Å². The van der Waals surface area contributed by atoms with Gasteiger partial charge in [-0.1, -0.05) is 12.1 Å². The van der Waals surface area contributed by atoms with Gasteiger partial charge in [0.05, 0.1) is 24.9 Å². The highest BCUT2D eigenvalue weighted by Gasteiger charge is 2.30. The van der Waals surface area contributed by atoms with Crippen molar-refractivity contribution in [3.05, 3.63) is 29.8 Å². The number of methoxy groups -OCH3 is 1. The molecule has 104 valence electrons. The highest BCUT2D eigenvalue weighted by molar-refractivity contribution is 6.00.